The molecular formula is C13H23NO. The molecular weight excluding hydrogens is 186 g/mol. The maximum atomic E-state index is 12.1. The van der Waals surface area contributed by atoms with Crippen molar-refractivity contribution in [3.05, 3.63) is 12.7 Å². The SMILES string of the molecule is C=CCNC(=O)C1(CC(C)C)CCCC1. The number of hydrogen-bond acceptors (Lipinski definition) is 1. The Labute approximate surface area is 93.1 Å². The second-order valence-corrected chi connectivity index (χ2v) is 5.08. The molecule has 2 nitrogen and oxygen atoms in total. The predicted molar refractivity (Wildman–Crippen MR) is 63.6 cm³/mol. The molecule has 0 aromatic heterocycles. The van der Waals surface area contributed by atoms with Crippen LogP contribution in [0.3, 0.4) is 0 Å². The van der Waals surface area contributed by atoms with Gasteiger partial charge in [0.25, 0.3) is 0 Å². The number of carbonyl (C=O) groups is 1. The Bertz CT molecular complexity index is 227. The highest BCUT2D eigenvalue weighted by molar-refractivity contribution is 5.83. The molecule has 0 bridgehead atoms. The largest absolute Gasteiger partial charge is 0.352 e. The zero-order chi connectivity index (χ0) is 11.3. The molecule has 0 spiro atoms. The predicted octanol–water partition coefficient (Wildman–Crippen LogP) is 2.90. The number of rotatable bonds is 5. The highest BCUT2D eigenvalue weighted by Crippen LogP contribution is 2.43. The summed E-state index contributed by atoms with van der Waals surface area (Å²) in [5.74, 6) is 0.839. The molecule has 1 aliphatic rings. The smallest absolute Gasteiger partial charge is 0.226 e. The molecule has 1 amide bonds. The van der Waals surface area contributed by atoms with Crippen LogP contribution in [0.4, 0.5) is 0 Å². The van der Waals surface area contributed by atoms with Gasteiger partial charge in [0.1, 0.15) is 0 Å². The van der Waals surface area contributed by atoms with Crippen molar-refractivity contribution in [3.8, 4) is 0 Å². The normalized spacial score (nSPS) is 19.1. The Hall–Kier alpha value is -0.790. The summed E-state index contributed by atoms with van der Waals surface area (Å²) in [6.45, 7) is 8.61. The van der Waals surface area contributed by atoms with Crippen LogP contribution in [0, 0.1) is 11.3 Å². The molecule has 0 radical (unpaired) electrons. The first-order chi connectivity index (χ1) is 7.10. The maximum absolute atomic E-state index is 12.1. The standard InChI is InChI=1S/C13H23NO/c1-4-9-14-12(15)13(10-11(2)3)7-5-6-8-13/h4,11H,1,5-10H2,2-3H3,(H,14,15). The lowest BCUT2D eigenvalue weighted by Gasteiger charge is -2.29. The molecule has 0 aromatic rings. The molecule has 1 rings (SSSR count). The monoisotopic (exact) mass is 209 g/mol. The van der Waals surface area contributed by atoms with Gasteiger partial charge in [-0.15, -0.1) is 6.58 Å². The first-order valence-corrected chi connectivity index (χ1v) is 6.00. The van der Waals surface area contributed by atoms with E-state index in [0.29, 0.717) is 12.5 Å². The van der Waals surface area contributed by atoms with E-state index in [9.17, 15) is 4.79 Å². The second-order valence-electron chi connectivity index (χ2n) is 5.08. The van der Waals surface area contributed by atoms with Gasteiger partial charge < -0.3 is 5.32 Å². The Balaban J connectivity index is 2.63. The first-order valence-electron chi connectivity index (χ1n) is 6.00. The van der Waals surface area contributed by atoms with E-state index < -0.39 is 0 Å². The lowest BCUT2D eigenvalue weighted by Crippen LogP contribution is -2.40. The zero-order valence-electron chi connectivity index (χ0n) is 10.0. The fourth-order valence-electron chi connectivity index (χ4n) is 2.71. The van der Waals surface area contributed by atoms with Gasteiger partial charge in [0.05, 0.1) is 0 Å². The van der Waals surface area contributed by atoms with Crippen LogP contribution in [0.25, 0.3) is 0 Å². The summed E-state index contributed by atoms with van der Waals surface area (Å²) < 4.78 is 0. The lowest BCUT2D eigenvalue weighted by atomic mass is 9.77. The van der Waals surface area contributed by atoms with E-state index in [0.717, 1.165) is 19.3 Å². The van der Waals surface area contributed by atoms with Crippen LogP contribution in [-0.2, 0) is 4.79 Å². The summed E-state index contributed by atoms with van der Waals surface area (Å²) in [5, 5.41) is 2.96. The molecule has 0 saturated heterocycles. The summed E-state index contributed by atoms with van der Waals surface area (Å²) in [5.41, 5.74) is -0.0722. The Morgan fingerprint density at radius 3 is 2.53 bits per heavy atom. The van der Waals surface area contributed by atoms with Gasteiger partial charge >= 0.3 is 0 Å². The van der Waals surface area contributed by atoms with Crippen molar-refractivity contribution < 1.29 is 4.79 Å². The molecule has 1 fully saturated rings. The van der Waals surface area contributed by atoms with Crippen molar-refractivity contribution in [2.45, 2.75) is 46.0 Å². The third kappa shape index (κ3) is 3.08. The summed E-state index contributed by atoms with van der Waals surface area (Å²) in [4.78, 5) is 12.1. The minimum atomic E-state index is -0.0722. The molecule has 1 N–H and O–H groups in total. The van der Waals surface area contributed by atoms with Crippen molar-refractivity contribution in [1.29, 1.82) is 0 Å². The van der Waals surface area contributed by atoms with Gasteiger partial charge in [0.2, 0.25) is 5.91 Å². The molecule has 0 aromatic carbocycles. The van der Waals surface area contributed by atoms with E-state index >= 15 is 0 Å². The first kappa shape index (κ1) is 12.3. The summed E-state index contributed by atoms with van der Waals surface area (Å²) >= 11 is 0. The quantitative estimate of drug-likeness (QED) is 0.693. The third-order valence-corrected chi connectivity index (χ3v) is 3.25. The molecule has 1 saturated carbocycles. The Morgan fingerprint density at radius 2 is 2.07 bits per heavy atom. The lowest BCUT2D eigenvalue weighted by molar-refractivity contribution is -0.131. The topological polar surface area (TPSA) is 29.1 Å². The van der Waals surface area contributed by atoms with Crippen LogP contribution in [0.5, 0.6) is 0 Å². The molecule has 86 valence electrons. The van der Waals surface area contributed by atoms with E-state index in [1.807, 2.05) is 0 Å². The van der Waals surface area contributed by atoms with Gasteiger partial charge in [0, 0.05) is 12.0 Å². The van der Waals surface area contributed by atoms with Crippen molar-refractivity contribution in [3.63, 3.8) is 0 Å². The van der Waals surface area contributed by atoms with Crippen molar-refractivity contribution in [2.75, 3.05) is 6.54 Å². The summed E-state index contributed by atoms with van der Waals surface area (Å²) in [6, 6.07) is 0. The van der Waals surface area contributed by atoms with E-state index in [2.05, 4.69) is 25.7 Å². The molecule has 0 aliphatic heterocycles. The van der Waals surface area contributed by atoms with Crippen LogP contribution in [0.2, 0.25) is 0 Å². The van der Waals surface area contributed by atoms with Crippen LogP contribution in [0.1, 0.15) is 46.0 Å². The maximum Gasteiger partial charge on any atom is 0.226 e. The van der Waals surface area contributed by atoms with Gasteiger partial charge in [-0.1, -0.05) is 32.8 Å². The van der Waals surface area contributed by atoms with E-state index in [-0.39, 0.29) is 11.3 Å². The molecule has 0 unspecified atom stereocenters. The highest BCUT2D eigenvalue weighted by atomic mass is 16.2. The fraction of sp³-hybridized carbons (Fsp3) is 0.769. The minimum absolute atomic E-state index is 0.0722. The van der Waals surface area contributed by atoms with Gasteiger partial charge in [-0.25, -0.2) is 0 Å². The van der Waals surface area contributed by atoms with Crippen molar-refractivity contribution in [1.82, 2.24) is 5.32 Å². The average Bonchev–Trinajstić information content (AvgIpc) is 2.62. The number of carbonyl (C=O) groups excluding carboxylic acids is 1. The fourth-order valence-corrected chi connectivity index (χ4v) is 2.71. The molecule has 0 atom stereocenters. The van der Waals surface area contributed by atoms with Crippen LogP contribution in [0.15, 0.2) is 12.7 Å². The second kappa shape index (κ2) is 5.34. The minimum Gasteiger partial charge on any atom is -0.352 e. The third-order valence-electron chi connectivity index (χ3n) is 3.25. The zero-order valence-corrected chi connectivity index (χ0v) is 10.0. The van der Waals surface area contributed by atoms with E-state index in [1.165, 1.54) is 12.8 Å². The van der Waals surface area contributed by atoms with Crippen molar-refractivity contribution >= 4 is 5.91 Å². The van der Waals surface area contributed by atoms with E-state index in [4.69, 9.17) is 0 Å². The Morgan fingerprint density at radius 1 is 1.47 bits per heavy atom. The van der Waals surface area contributed by atoms with Gasteiger partial charge in [-0.05, 0) is 25.2 Å². The van der Waals surface area contributed by atoms with Crippen LogP contribution >= 0.6 is 0 Å². The summed E-state index contributed by atoms with van der Waals surface area (Å²) in [7, 11) is 0. The number of amides is 1. The number of nitrogens with one attached hydrogen (secondary N) is 1. The molecule has 1 aliphatic carbocycles. The molecule has 15 heavy (non-hydrogen) atoms. The molecule has 0 heterocycles. The van der Waals surface area contributed by atoms with Crippen LogP contribution < -0.4 is 5.32 Å². The van der Waals surface area contributed by atoms with E-state index in [1.54, 1.807) is 6.08 Å². The van der Waals surface area contributed by atoms with Crippen LogP contribution in [-0.4, -0.2) is 12.5 Å². The highest BCUT2D eigenvalue weighted by Gasteiger charge is 2.40. The number of hydrogen-bond donors (Lipinski definition) is 1. The average molecular weight is 209 g/mol. The van der Waals surface area contributed by atoms with Crippen molar-refractivity contribution in [2.24, 2.45) is 11.3 Å². The van der Waals surface area contributed by atoms with Gasteiger partial charge in [-0.3, -0.25) is 4.79 Å². The van der Waals surface area contributed by atoms with Gasteiger partial charge in [-0.2, -0.15) is 0 Å². The Kier molecular flexibility index (Phi) is 4.37. The molecule has 2 heteroatoms. The van der Waals surface area contributed by atoms with Gasteiger partial charge in [0.15, 0.2) is 0 Å². The summed E-state index contributed by atoms with van der Waals surface area (Å²) in [6.07, 6.45) is 7.30.